The van der Waals surface area contributed by atoms with Crippen molar-refractivity contribution >= 4 is 39.9 Å². The lowest BCUT2D eigenvalue weighted by molar-refractivity contribution is -0.138. The standard InChI is InChI=1S/C50H64N6O4/c1-3-28-55(37-60-34-25-38-14-7-4-8-15-38)33-24-47(57)53-50(2)26-21-40(22-27-50)45-36-41-35-42(19-20-44(41)52-45)51-48(58)46-18-13-31-56(46)49(59)43(39-16-9-5-10-17-39)23-32-54-29-11-6-12-30-54/h4-5,7-10,14-17,19-22,26,35-36,43,46,52H,3,6,11-13,18,23-25,27-34,37H2,1-2H3,(H,51,58)(H,53,57)/t43-,46+,50?/m1/s1. The lowest BCUT2D eigenvalue weighted by Crippen LogP contribution is -2.45. The van der Waals surface area contributed by atoms with Crippen molar-refractivity contribution in [2.75, 3.05) is 57.9 Å². The number of anilines is 1. The molecule has 2 fully saturated rings. The maximum atomic E-state index is 14.2. The second kappa shape index (κ2) is 21.0. The number of piperidine rings is 1. The van der Waals surface area contributed by atoms with Crippen LogP contribution in [0.25, 0.3) is 16.5 Å². The van der Waals surface area contributed by atoms with Crippen molar-refractivity contribution in [2.24, 2.45) is 0 Å². The summed E-state index contributed by atoms with van der Waals surface area (Å²) in [6, 6.07) is 27.9. The van der Waals surface area contributed by atoms with Crippen LogP contribution in [0.15, 0.2) is 103 Å². The molecule has 4 aromatic rings. The number of amides is 3. The molecule has 2 saturated heterocycles. The Hall–Kier alpha value is -5.03. The number of likely N-dealkylation sites (tertiary alicyclic amines) is 2. The monoisotopic (exact) mass is 812 g/mol. The van der Waals surface area contributed by atoms with E-state index in [1.807, 2.05) is 59.5 Å². The summed E-state index contributed by atoms with van der Waals surface area (Å²) < 4.78 is 5.97. The van der Waals surface area contributed by atoms with Crippen molar-refractivity contribution in [3.05, 3.63) is 120 Å². The first-order chi connectivity index (χ1) is 29.3. The summed E-state index contributed by atoms with van der Waals surface area (Å²) in [5.74, 6) is -0.321. The molecule has 3 atom stereocenters. The Morgan fingerprint density at radius 3 is 2.47 bits per heavy atom. The number of rotatable bonds is 19. The summed E-state index contributed by atoms with van der Waals surface area (Å²) in [6.45, 7) is 10.6. The average molecular weight is 813 g/mol. The number of nitrogens with one attached hydrogen (secondary N) is 3. The highest BCUT2D eigenvalue weighted by molar-refractivity contribution is 6.00. The van der Waals surface area contributed by atoms with Crippen molar-refractivity contribution in [1.82, 2.24) is 25.0 Å². The fourth-order valence-electron chi connectivity index (χ4n) is 8.96. The van der Waals surface area contributed by atoms with Gasteiger partial charge in [0.15, 0.2) is 0 Å². The zero-order valence-electron chi connectivity index (χ0n) is 35.7. The highest BCUT2D eigenvalue weighted by atomic mass is 16.5. The Kier molecular flexibility index (Phi) is 15.1. The largest absolute Gasteiger partial charge is 0.366 e. The number of benzene rings is 3. The molecule has 318 valence electrons. The second-order valence-corrected chi connectivity index (χ2v) is 17.1. The van der Waals surface area contributed by atoms with Crippen LogP contribution in [-0.4, -0.2) is 102 Å². The molecule has 3 aromatic carbocycles. The fraction of sp³-hybridized carbons (Fsp3) is 0.460. The summed E-state index contributed by atoms with van der Waals surface area (Å²) >= 11 is 0. The number of aromatic nitrogens is 1. The molecule has 7 rings (SSSR count). The Morgan fingerprint density at radius 2 is 1.72 bits per heavy atom. The number of H-pyrrole nitrogens is 1. The lowest BCUT2D eigenvalue weighted by Gasteiger charge is -2.31. The minimum atomic E-state index is -0.497. The van der Waals surface area contributed by atoms with Gasteiger partial charge in [-0.1, -0.05) is 92.2 Å². The van der Waals surface area contributed by atoms with Gasteiger partial charge in [-0.15, -0.1) is 0 Å². The van der Waals surface area contributed by atoms with E-state index in [0.717, 1.165) is 79.6 Å². The number of aromatic amines is 1. The number of hydrogen-bond acceptors (Lipinski definition) is 6. The van der Waals surface area contributed by atoms with E-state index in [-0.39, 0.29) is 23.6 Å². The van der Waals surface area contributed by atoms with Crippen LogP contribution in [0.5, 0.6) is 0 Å². The van der Waals surface area contributed by atoms with Gasteiger partial charge in [0.1, 0.15) is 6.04 Å². The molecule has 3 amide bonds. The first kappa shape index (κ1) is 43.1. The van der Waals surface area contributed by atoms with Gasteiger partial charge >= 0.3 is 0 Å². The zero-order valence-corrected chi connectivity index (χ0v) is 35.7. The summed E-state index contributed by atoms with van der Waals surface area (Å²) in [4.78, 5) is 51.3. The normalized spacial score (nSPS) is 20.0. The molecule has 10 nitrogen and oxygen atoms in total. The molecule has 1 unspecified atom stereocenters. The van der Waals surface area contributed by atoms with E-state index >= 15 is 0 Å². The Balaban J connectivity index is 0.908. The van der Waals surface area contributed by atoms with Crippen LogP contribution in [-0.2, 0) is 25.5 Å². The molecule has 2 aliphatic heterocycles. The van der Waals surface area contributed by atoms with Gasteiger partial charge in [-0.2, -0.15) is 0 Å². The smallest absolute Gasteiger partial charge is 0.247 e. The van der Waals surface area contributed by atoms with Crippen LogP contribution in [0, 0.1) is 0 Å². The molecular formula is C50H64N6O4. The molecule has 0 saturated carbocycles. The molecule has 10 heteroatoms. The second-order valence-electron chi connectivity index (χ2n) is 17.1. The van der Waals surface area contributed by atoms with Gasteiger partial charge in [-0.25, -0.2) is 0 Å². The van der Waals surface area contributed by atoms with Crippen molar-refractivity contribution < 1.29 is 19.1 Å². The predicted molar refractivity (Wildman–Crippen MR) is 241 cm³/mol. The Labute approximate surface area is 356 Å². The zero-order chi connectivity index (χ0) is 41.7. The first-order valence-electron chi connectivity index (χ1n) is 22.3. The molecule has 3 aliphatic rings. The van der Waals surface area contributed by atoms with Crippen LogP contribution in [0.1, 0.15) is 94.4 Å². The van der Waals surface area contributed by atoms with E-state index in [1.54, 1.807) is 0 Å². The molecular weight excluding hydrogens is 749 g/mol. The predicted octanol–water partition coefficient (Wildman–Crippen LogP) is 8.29. The summed E-state index contributed by atoms with van der Waals surface area (Å²) in [7, 11) is 0. The van der Waals surface area contributed by atoms with E-state index in [0.29, 0.717) is 51.4 Å². The third-order valence-corrected chi connectivity index (χ3v) is 12.4. The summed E-state index contributed by atoms with van der Waals surface area (Å²) in [6.07, 6.45) is 15.2. The third-order valence-electron chi connectivity index (χ3n) is 12.4. The average Bonchev–Trinajstić information content (AvgIpc) is 3.94. The minimum absolute atomic E-state index is 0.0264. The van der Waals surface area contributed by atoms with Crippen LogP contribution < -0.4 is 10.6 Å². The van der Waals surface area contributed by atoms with Gasteiger partial charge < -0.3 is 30.2 Å². The highest BCUT2D eigenvalue weighted by Gasteiger charge is 2.38. The van der Waals surface area contributed by atoms with Gasteiger partial charge in [0, 0.05) is 48.3 Å². The van der Waals surface area contributed by atoms with Crippen molar-refractivity contribution in [2.45, 2.75) is 95.6 Å². The Morgan fingerprint density at radius 1 is 0.933 bits per heavy atom. The SMILES string of the molecule is CCCN(CCC(=O)NC1(C)C=CC(c2cc3cc(NC(=O)[C@@H]4CCCN4C(=O)[C@H](CCN4CCCCC4)c4ccccc4)ccc3[nH]2)=CC1)COCCc1ccccc1. The number of carbonyl (C=O) groups is 3. The maximum Gasteiger partial charge on any atom is 0.247 e. The molecule has 3 heterocycles. The van der Waals surface area contributed by atoms with E-state index < -0.39 is 11.6 Å². The van der Waals surface area contributed by atoms with Gasteiger partial charge in [0.2, 0.25) is 17.7 Å². The molecule has 0 bridgehead atoms. The van der Waals surface area contributed by atoms with Crippen LogP contribution in [0.2, 0.25) is 0 Å². The van der Waals surface area contributed by atoms with Gasteiger partial charge in [-0.3, -0.25) is 19.3 Å². The van der Waals surface area contributed by atoms with E-state index in [2.05, 4.69) is 87.8 Å². The molecule has 1 aliphatic carbocycles. The van der Waals surface area contributed by atoms with Crippen LogP contribution >= 0.6 is 0 Å². The Bertz CT molecular complexity index is 2090. The number of carbonyl (C=O) groups excluding carboxylic acids is 3. The third kappa shape index (κ3) is 11.6. The summed E-state index contributed by atoms with van der Waals surface area (Å²) in [5.41, 5.74) is 5.52. The number of nitrogens with zero attached hydrogens (tertiary/aromatic N) is 3. The van der Waals surface area contributed by atoms with Crippen molar-refractivity contribution in [3.63, 3.8) is 0 Å². The van der Waals surface area contributed by atoms with Crippen LogP contribution in [0.4, 0.5) is 5.69 Å². The molecule has 1 aromatic heterocycles. The topological polar surface area (TPSA) is 110 Å². The van der Waals surface area contributed by atoms with Gasteiger partial charge in [0.25, 0.3) is 0 Å². The molecule has 0 radical (unpaired) electrons. The fourth-order valence-corrected chi connectivity index (χ4v) is 8.96. The van der Waals surface area contributed by atoms with Crippen molar-refractivity contribution in [1.29, 1.82) is 0 Å². The summed E-state index contributed by atoms with van der Waals surface area (Å²) in [5, 5.41) is 7.40. The van der Waals surface area contributed by atoms with Crippen LogP contribution in [0.3, 0.4) is 0 Å². The first-order valence-corrected chi connectivity index (χ1v) is 22.3. The lowest BCUT2D eigenvalue weighted by atomic mass is 9.89. The number of hydrogen-bond donors (Lipinski definition) is 3. The van der Waals surface area contributed by atoms with Crippen molar-refractivity contribution in [3.8, 4) is 0 Å². The van der Waals surface area contributed by atoms with E-state index in [9.17, 15) is 14.4 Å². The molecule has 3 N–H and O–H groups in total. The maximum absolute atomic E-state index is 14.2. The quantitative estimate of drug-likeness (QED) is 0.0650. The highest BCUT2D eigenvalue weighted by Crippen LogP contribution is 2.32. The van der Waals surface area contributed by atoms with Gasteiger partial charge in [0.05, 0.1) is 24.8 Å². The van der Waals surface area contributed by atoms with E-state index in [1.165, 1.54) is 24.8 Å². The molecule has 60 heavy (non-hydrogen) atoms. The van der Waals surface area contributed by atoms with Gasteiger partial charge in [-0.05, 0) is 119 Å². The number of fused-ring (bicyclic) bond motifs is 1. The number of ether oxygens (including phenoxy) is 1. The van der Waals surface area contributed by atoms with E-state index in [4.69, 9.17) is 4.74 Å². The molecule has 0 spiro atoms. The number of allylic oxidation sites excluding steroid dienone is 2. The minimum Gasteiger partial charge on any atom is -0.366 e.